The molecule has 3 N–H and O–H groups in total. The van der Waals surface area contributed by atoms with Gasteiger partial charge in [0, 0.05) is 26.1 Å². The average molecular weight is 472 g/mol. The van der Waals surface area contributed by atoms with Crippen LogP contribution in [0.25, 0.3) is 0 Å². The Morgan fingerprint density at radius 3 is 2.41 bits per heavy atom. The molecule has 0 aliphatic rings. The van der Waals surface area contributed by atoms with Gasteiger partial charge in [-0.3, -0.25) is 14.8 Å². The van der Waals surface area contributed by atoms with Crippen molar-refractivity contribution in [1.29, 1.82) is 0 Å². The Balaban J connectivity index is 1.58. The summed E-state index contributed by atoms with van der Waals surface area (Å²) >= 11 is 0. The Morgan fingerprint density at radius 2 is 1.65 bits per heavy atom. The minimum absolute atomic E-state index is 0.0452. The summed E-state index contributed by atoms with van der Waals surface area (Å²) in [6.45, 7) is 2.17. The molecule has 0 bridgehead atoms. The second-order valence-corrected chi connectivity index (χ2v) is 7.71. The van der Waals surface area contributed by atoms with Crippen molar-refractivity contribution in [2.45, 2.75) is 45.4 Å². The number of hydrogen-bond donors (Lipinski definition) is 3. The number of benzene rings is 2. The lowest BCUT2D eigenvalue weighted by Gasteiger charge is -2.14. The summed E-state index contributed by atoms with van der Waals surface area (Å²) < 4.78 is 9.76. The van der Waals surface area contributed by atoms with Gasteiger partial charge in [0.25, 0.3) is 0 Å². The number of carbonyl (C=O) groups excluding carboxylic acids is 3. The van der Waals surface area contributed by atoms with Crippen LogP contribution in [0.3, 0.4) is 0 Å². The SMILES string of the molecule is COC(=O)CCC(=O)N(O)CCCCNCc1cccc(COC(=O)NCc2ccccc2)c1. The highest BCUT2D eigenvalue weighted by molar-refractivity contribution is 5.80. The topological polar surface area (TPSA) is 117 Å². The molecule has 2 rings (SSSR count). The van der Waals surface area contributed by atoms with E-state index < -0.39 is 18.0 Å². The summed E-state index contributed by atoms with van der Waals surface area (Å²) in [6.07, 6.45) is 0.812. The van der Waals surface area contributed by atoms with Crippen molar-refractivity contribution < 1.29 is 29.1 Å². The molecule has 0 unspecified atom stereocenters. The second-order valence-electron chi connectivity index (χ2n) is 7.71. The number of amides is 2. The van der Waals surface area contributed by atoms with Gasteiger partial charge in [-0.1, -0.05) is 54.6 Å². The number of ether oxygens (including phenoxy) is 2. The lowest BCUT2D eigenvalue weighted by atomic mass is 10.1. The summed E-state index contributed by atoms with van der Waals surface area (Å²) in [4.78, 5) is 34.7. The van der Waals surface area contributed by atoms with Crippen LogP contribution in [0.1, 0.15) is 42.4 Å². The van der Waals surface area contributed by atoms with Crippen molar-refractivity contribution in [3.8, 4) is 0 Å². The number of alkyl carbamates (subject to hydrolysis) is 1. The Hall–Kier alpha value is -3.43. The van der Waals surface area contributed by atoms with Crippen LogP contribution < -0.4 is 10.6 Å². The normalized spacial score (nSPS) is 10.4. The highest BCUT2D eigenvalue weighted by Gasteiger charge is 2.12. The van der Waals surface area contributed by atoms with Gasteiger partial charge in [0.1, 0.15) is 6.61 Å². The van der Waals surface area contributed by atoms with Crippen LogP contribution >= 0.6 is 0 Å². The number of hydrogen-bond acceptors (Lipinski definition) is 7. The van der Waals surface area contributed by atoms with Gasteiger partial charge < -0.3 is 20.1 Å². The molecule has 2 amide bonds. The van der Waals surface area contributed by atoms with Crippen LogP contribution in [0.4, 0.5) is 4.79 Å². The Morgan fingerprint density at radius 1 is 0.912 bits per heavy atom. The van der Waals surface area contributed by atoms with Crippen LogP contribution in [0.5, 0.6) is 0 Å². The minimum atomic E-state index is -0.494. The number of methoxy groups -OCH3 is 1. The van der Waals surface area contributed by atoms with Crippen molar-refractivity contribution in [3.05, 3.63) is 71.3 Å². The van der Waals surface area contributed by atoms with E-state index in [2.05, 4.69) is 15.4 Å². The number of unbranched alkanes of at least 4 members (excludes halogenated alkanes) is 1. The lowest BCUT2D eigenvalue weighted by molar-refractivity contribution is -0.167. The van der Waals surface area contributed by atoms with Crippen LogP contribution in [-0.4, -0.2) is 48.4 Å². The monoisotopic (exact) mass is 471 g/mol. The molecule has 0 saturated carbocycles. The molecule has 9 nitrogen and oxygen atoms in total. The van der Waals surface area contributed by atoms with Gasteiger partial charge in [0.05, 0.1) is 13.5 Å². The molecule has 0 heterocycles. The molecule has 0 saturated heterocycles. The Bertz CT molecular complexity index is 907. The number of rotatable bonds is 14. The van der Waals surface area contributed by atoms with E-state index in [1.54, 1.807) is 0 Å². The van der Waals surface area contributed by atoms with Crippen molar-refractivity contribution >= 4 is 18.0 Å². The predicted molar refractivity (Wildman–Crippen MR) is 126 cm³/mol. The Labute approximate surface area is 200 Å². The predicted octanol–water partition coefficient (Wildman–Crippen LogP) is 3.15. The molecular weight excluding hydrogens is 438 g/mol. The van der Waals surface area contributed by atoms with Gasteiger partial charge in [0.2, 0.25) is 5.91 Å². The zero-order valence-corrected chi connectivity index (χ0v) is 19.5. The standard InChI is InChI=1S/C25H33N3O6/c1-33-24(30)13-12-23(29)28(32)15-6-5-14-26-17-21-10-7-11-22(16-21)19-34-25(31)27-18-20-8-3-2-4-9-20/h2-4,7-11,16,26,32H,5-6,12-15,17-19H2,1H3,(H,27,31). The van der Waals surface area contributed by atoms with E-state index in [9.17, 15) is 19.6 Å². The lowest BCUT2D eigenvalue weighted by Crippen LogP contribution is -2.29. The smallest absolute Gasteiger partial charge is 0.407 e. The first-order valence-electron chi connectivity index (χ1n) is 11.3. The minimum Gasteiger partial charge on any atom is -0.469 e. The van der Waals surface area contributed by atoms with Gasteiger partial charge in [0.15, 0.2) is 0 Å². The third kappa shape index (κ3) is 10.9. The van der Waals surface area contributed by atoms with Gasteiger partial charge in [-0.25, -0.2) is 9.86 Å². The molecule has 0 aromatic heterocycles. The summed E-state index contributed by atoms with van der Waals surface area (Å²) in [6, 6.07) is 17.4. The first kappa shape index (κ1) is 26.8. The van der Waals surface area contributed by atoms with E-state index in [-0.39, 0.29) is 26.0 Å². The molecule has 0 spiro atoms. The second kappa shape index (κ2) is 15.4. The van der Waals surface area contributed by atoms with Crippen molar-refractivity contribution in [2.75, 3.05) is 20.2 Å². The molecule has 184 valence electrons. The molecule has 9 heteroatoms. The van der Waals surface area contributed by atoms with E-state index >= 15 is 0 Å². The third-order valence-electron chi connectivity index (χ3n) is 5.00. The quantitative estimate of drug-likeness (QED) is 0.168. The number of esters is 1. The zero-order valence-electron chi connectivity index (χ0n) is 19.5. The summed E-state index contributed by atoms with van der Waals surface area (Å²) in [5, 5.41) is 16.4. The number of hydroxylamine groups is 2. The average Bonchev–Trinajstić information content (AvgIpc) is 2.87. The van der Waals surface area contributed by atoms with Gasteiger partial charge >= 0.3 is 12.1 Å². The largest absolute Gasteiger partial charge is 0.469 e. The first-order chi connectivity index (χ1) is 16.5. The molecular formula is C25H33N3O6. The molecule has 0 radical (unpaired) electrons. The fourth-order valence-electron chi connectivity index (χ4n) is 3.11. The van der Waals surface area contributed by atoms with Gasteiger partial charge in [-0.2, -0.15) is 0 Å². The molecule has 34 heavy (non-hydrogen) atoms. The van der Waals surface area contributed by atoms with Crippen molar-refractivity contribution in [2.24, 2.45) is 0 Å². The number of carbonyl (C=O) groups is 3. The molecule has 0 atom stereocenters. The Kier molecular flexibility index (Phi) is 12.2. The van der Waals surface area contributed by atoms with Gasteiger partial charge in [-0.15, -0.1) is 0 Å². The summed E-state index contributed by atoms with van der Waals surface area (Å²) in [7, 11) is 1.26. The number of nitrogens with one attached hydrogen (secondary N) is 2. The molecule has 0 fully saturated rings. The van der Waals surface area contributed by atoms with Crippen molar-refractivity contribution in [1.82, 2.24) is 15.7 Å². The molecule has 2 aromatic rings. The van der Waals surface area contributed by atoms with E-state index in [0.29, 0.717) is 31.1 Å². The zero-order chi connectivity index (χ0) is 24.6. The van der Waals surface area contributed by atoms with Gasteiger partial charge in [-0.05, 0) is 36.1 Å². The summed E-state index contributed by atoms with van der Waals surface area (Å²) in [5.41, 5.74) is 2.97. The van der Waals surface area contributed by atoms with Crippen LogP contribution in [-0.2, 0) is 38.8 Å². The number of nitrogens with zero attached hydrogens (tertiary/aromatic N) is 1. The maximum absolute atomic E-state index is 11.9. The highest BCUT2D eigenvalue weighted by atomic mass is 16.5. The van der Waals surface area contributed by atoms with E-state index in [1.807, 2.05) is 54.6 Å². The maximum atomic E-state index is 11.9. The van der Waals surface area contributed by atoms with Crippen molar-refractivity contribution in [3.63, 3.8) is 0 Å². The fourth-order valence-corrected chi connectivity index (χ4v) is 3.11. The molecule has 2 aromatic carbocycles. The van der Waals surface area contributed by atoms with Crippen LogP contribution in [0.15, 0.2) is 54.6 Å². The van der Waals surface area contributed by atoms with Crippen LogP contribution in [0.2, 0.25) is 0 Å². The molecule has 0 aliphatic carbocycles. The maximum Gasteiger partial charge on any atom is 0.407 e. The first-order valence-corrected chi connectivity index (χ1v) is 11.3. The molecule has 0 aliphatic heterocycles. The fraction of sp³-hybridized carbons (Fsp3) is 0.400. The van der Waals surface area contributed by atoms with Crippen LogP contribution in [0, 0.1) is 0 Å². The van der Waals surface area contributed by atoms with E-state index in [0.717, 1.165) is 23.1 Å². The third-order valence-corrected chi connectivity index (χ3v) is 5.00. The van der Waals surface area contributed by atoms with E-state index in [1.165, 1.54) is 7.11 Å². The van der Waals surface area contributed by atoms with E-state index in [4.69, 9.17) is 4.74 Å². The summed E-state index contributed by atoms with van der Waals surface area (Å²) in [5.74, 6) is -0.973. The highest BCUT2D eigenvalue weighted by Crippen LogP contribution is 2.07.